The molecule has 0 aliphatic heterocycles. The van der Waals surface area contributed by atoms with Gasteiger partial charge in [0.1, 0.15) is 6.10 Å². The average molecular weight is 337 g/mol. The average Bonchev–Trinajstić information content (AvgIpc) is 2.56. The van der Waals surface area contributed by atoms with Crippen LogP contribution in [0.4, 0.5) is 0 Å². The second-order valence-electron chi connectivity index (χ2n) is 7.48. The molecule has 0 radical (unpaired) electrons. The summed E-state index contributed by atoms with van der Waals surface area (Å²) in [5.41, 5.74) is 0.359. The highest BCUT2D eigenvalue weighted by atomic mass is 16.5. The van der Waals surface area contributed by atoms with Gasteiger partial charge in [0.05, 0.1) is 14.1 Å². The van der Waals surface area contributed by atoms with E-state index in [4.69, 9.17) is 0 Å². The Labute approximate surface area is 148 Å². The van der Waals surface area contributed by atoms with Gasteiger partial charge in [0, 0.05) is 12.0 Å². The van der Waals surface area contributed by atoms with Gasteiger partial charge in [0.25, 0.3) is 0 Å². The monoisotopic (exact) mass is 336 g/mol. The largest absolute Gasteiger partial charge is 0.386 e. The number of quaternary nitrogens is 1. The normalized spacial score (nSPS) is 15.9. The number of aliphatic hydroxyl groups is 1. The van der Waals surface area contributed by atoms with Crippen LogP contribution in [0.2, 0.25) is 0 Å². The molecule has 1 rings (SSSR count). The first-order valence-corrected chi connectivity index (χ1v) is 9.70. The molecule has 3 nitrogen and oxygen atoms in total. The molecule has 0 aliphatic rings. The predicted octanol–water partition coefficient (Wildman–Crippen LogP) is 5.26. The molecule has 1 aromatic rings. The maximum absolute atomic E-state index is 10.9. The molecule has 0 saturated heterocycles. The van der Waals surface area contributed by atoms with Gasteiger partial charge >= 0.3 is 0 Å². The Bertz CT molecular complexity index is 441. The minimum atomic E-state index is -0.667. The zero-order valence-electron chi connectivity index (χ0n) is 16.2. The highest BCUT2D eigenvalue weighted by Crippen LogP contribution is 2.40. The summed E-state index contributed by atoms with van der Waals surface area (Å²) in [7, 11) is 3.57. The van der Waals surface area contributed by atoms with Crippen molar-refractivity contribution < 1.29 is 15.0 Å². The van der Waals surface area contributed by atoms with Gasteiger partial charge in [-0.05, 0) is 12.8 Å². The Hall–Kier alpha value is -0.900. The molecular formula is C21H38NO2+. The second kappa shape index (κ2) is 10.2. The van der Waals surface area contributed by atoms with Crippen LogP contribution in [0.3, 0.4) is 0 Å². The van der Waals surface area contributed by atoms with Crippen LogP contribution in [0, 0.1) is 0 Å². The Balaban J connectivity index is 2.85. The van der Waals surface area contributed by atoms with Gasteiger partial charge in [-0.15, -0.1) is 0 Å². The molecule has 0 spiro atoms. The van der Waals surface area contributed by atoms with Crippen molar-refractivity contribution in [1.82, 2.24) is 0 Å². The van der Waals surface area contributed by atoms with Crippen LogP contribution in [0.5, 0.6) is 0 Å². The van der Waals surface area contributed by atoms with Crippen LogP contribution in [-0.4, -0.2) is 35.2 Å². The fourth-order valence-electron chi connectivity index (χ4n) is 3.87. The quantitative estimate of drug-likeness (QED) is 0.310. The first kappa shape index (κ1) is 21.1. The third-order valence-electron chi connectivity index (χ3n) is 5.35. The molecule has 0 aliphatic carbocycles. The number of hydrogen-bond donors (Lipinski definition) is 2. The van der Waals surface area contributed by atoms with E-state index in [1.807, 2.05) is 37.3 Å². The molecule has 1 aromatic carbocycles. The van der Waals surface area contributed by atoms with Crippen molar-refractivity contribution >= 4 is 0 Å². The lowest BCUT2D eigenvalue weighted by Gasteiger charge is -2.46. The van der Waals surface area contributed by atoms with Gasteiger partial charge in [0.2, 0.25) is 0 Å². The fraction of sp³-hybridized carbons (Fsp3) is 0.714. The third kappa shape index (κ3) is 5.30. The number of hydrogen-bond acceptors (Lipinski definition) is 2. The number of rotatable bonds is 12. The van der Waals surface area contributed by atoms with E-state index in [2.05, 4.69) is 6.92 Å². The van der Waals surface area contributed by atoms with Crippen molar-refractivity contribution in [2.24, 2.45) is 0 Å². The summed E-state index contributed by atoms with van der Waals surface area (Å²) in [5.74, 6) is 0. The molecule has 0 amide bonds. The van der Waals surface area contributed by atoms with Gasteiger partial charge in [-0.1, -0.05) is 82.7 Å². The molecule has 0 saturated carbocycles. The Morgan fingerprint density at radius 3 is 1.96 bits per heavy atom. The van der Waals surface area contributed by atoms with E-state index in [9.17, 15) is 10.3 Å². The molecule has 138 valence electrons. The lowest BCUT2D eigenvalue weighted by molar-refractivity contribution is -1.12. The van der Waals surface area contributed by atoms with Gasteiger partial charge in [-0.3, -0.25) is 0 Å². The molecule has 0 aromatic heterocycles. The van der Waals surface area contributed by atoms with E-state index in [1.165, 1.54) is 32.1 Å². The molecule has 2 unspecified atom stereocenters. The molecule has 0 bridgehead atoms. The Morgan fingerprint density at radius 1 is 0.917 bits per heavy atom. The van der Waals surface area contributed by atoms with Crippen LogP contribution < -0.4 is 0 Å². The zero-order valence-corrected chi connectivity index (χ0v) is 16.2. The minimum absolute atomic E-state index is 0.234. The smallest absolute Gasteiger partial charge is 0.180 e. The summed E-state index contributed by atoms with van der Waals surface area (Å²) in [6.07, 6.45) is 9.50. The van der Waals surface area contributed by atoms with Gasteiger partial charge < -0.3 is 5.11 Å². The number of hydroxylamine groups is 3. The number of likely N-dealkylation sites (N-methyl/N-ethyl adjacent to an activating group) is 1. The first-order chi connectivity index (χ1) is 11.4. The lowest BCUT2D eigenvalue weighted by Crippen LogP contribution is -2.61. The van der Waals surface area contributed by atoms with Crippen molar-refractivity contribution in [2.75, 3.05) is 14.1 Å². The topological polar surface area (TPSA) is 40.5 Å². The fourth-order valence-corrected chi connectivity index (χ4v) is 3.87. The van der Waals surface area contributed by atoms with Gasteiger partial charge in [0.15, 0.2) is 5.54 Å². The Morgan fingerprint density at radius 2 is 1.46 bits per heavy atom. The Kier molecular flexibility index (Phi) is 8.96. The van der Waals surface area contributed by atoms with E-state index in [-0.39, 0.29) is 4.65 Å². The number of nitrogens with zero attached hydrogens (tertiary/aromatic N) is 1. The molecule has 24 heavy (non-hydrogen) atoms. The van der Waals surface area contributed by atoms with E-state index < -0.39 is 11.6 Å². The molecule has 0 fully saturated rings. The summed E-state index contributed by atoms with van der Waals surface area (Å²) in [5, 5.41) is 21.8. The summed E-state index contributed by atoms with van der Waals surface area (Å²) < 4.78 is -0.234. The van der Waals surface area contributed by atoms with Crippen molar-refractivity contribution in [2.45, 2.75) is 83.3 Å². The van der Waals surface area contributed by atoms with E-state index >= 15 is 0 Å². The van der Waals surface area contributed by atoms with Crippen LogP contribution in [0.15, 0.2) is 30.3 Å². The molecular weight excluding hydrogens is 298 g/mol. The maximum Gasteiger partial charge on any atom is 0.180 e. The molecule has 0 heterocycles. The van der Waals surface area contributed by atoms with Crippen molar-refractivity contribution in [3.8, 4) is 0 Å². The van der Waals surface area contributed by atoms with E-state index in [1.54, 1.807) is 14.1 Å². The molecule has 3 heteroatoms. The van der Waals surface area contributed by atoms with Crippen LogP contribution in [-0.2, 0) is 5.54 Å². The predicted molar refractivity (Wildman–Crippen MR) is 101 cm³/mol. The van der Waals surface area contributed by atoms with Gasteiger partial charge in [-0.25, -0.2) is 5.21 Å². The van der Waals surface area contributed by atoms with Crippen molar-refractivity contribution in [1.29, 1.82) is 0 Å². The van der Waals surface area contributed by atoms with Crippen molar-refractivity contribution in [3.05, 3.63) is 35.9 Å². The van der Waals surface area contributed by atoms with Crippen LogP contribution >= 0.6 is 0 Å². The SMILES string of the molecule is CCCCCCCCCC(c1ccccc1)(C(O)CC)[N+](C)(C)O. The minimum Gasteiger partial charge on any atom is -0.386 e. The summed E-state index contributed by atoms with van der Waals surface area (Å²) in [6, 6.07) is 10.0. The summed E-state index contributed by atoms with van der Waals surface area (Å²) in [4.78, 5) is 0. The zero-order chi connectivity index (χ0) is 18.1. The molecule has 2 atom stereocenters. The van der Waals surface area contributed by atoms with Crippen LogP contribution in [0.1, 0.15) is 77.2 Å². The third-order valence-corrected chi connectivity index (χ3v) is 5.35. The standard InChI is InChI=1S/C21H38NO2/c1-5-7-8-9-10-11-15-18-21(20(23)6-2,22(3,4)24)19-16-13-12-14-17-19/h12-14,16-17,20,23-24H,5-11,15,18H2,1-4H3/q+1. The highest BCUT2D eigenvalue weighted by Gasteiger charge is 2.52. The number of benzene rings is 1. The molecule has 2 N–H and O–H groups in total. The summed E-state index contributed by atoms with van der Waals surface area (Å²) in [6.45, 7) is 4.23. The summed E-state index contributed by atoms with van der Waals surface area (Å²) >= 11 is 0. The van der Waals surface area contributed by atoms with Crippen molar-refractivity contribution in [3.63, 3.8) is 0 Å². The lowest BCUT2D eigenvalue weighted by atomic mass is 9.77. The number of aliphatic hydroxyl groups excluding tert-OH is 1. The first-order valence-electron chi connectivity index (χ1n) is 9.70. The van der Waals surface area contributed by atoms with E-state index in [0.717, 1.165) is 24.8 Å². The van der Waals surface area contributed by atoms with E-state index in [0.29, 0.717) is 6.42 Å². The van der Waals surface area contributed by atoms with Crippen LogP contribution in [0.25, 0.3) is 0 Å². The maximum atomic E-state index is 10.9. The second-order valence-corrected chi connectivity index (χ2v) is 7.48. The van der Waals surface area contributed by atoms with Gasteiger partial charge in [-0.2, -0.15) is 4.65 Å². The highest BCUT2D eigenvalue weighted by molar-refractivity contribution is 5.24. The number of unbranched alkanes of at least 4 members (excludes halogenated alkanes) is 6.